The van der Waals surface area contributed by atoms with E-state index in [9.17, 15) is 19.2 Å². The Labute approximate surface area is 212 Å². The predicted octanol–water partition coefficient (Wildman–Crippen LogP) is 3.52. The topological polar surface area (TPSA) is 131 Å². The quantitative estimate of drug-likeness (QED) is 0.515. The molecule has 36 heavy (non-hydrogen) atoms. The molecule has 2 unspecified atom stereocenters. The van der Waals surface area contributed by atoms with Crippen LogP contribution in [-0.4, -0.2) is 47.4 Å². The van der Waals surface area contributed by atoms with Gasteiger partial charge in [0.25, 0.3) is 5.91 Å². The van der Waals surface area contributed by atoms with Crippen molar-refractivity contribution in [3.8, 4) is 0 Å². The van der Waals surface area contributed by atoms with Gasteiger partial charge in [-0.3, -0.25) is 14.4 Å². The molecule has 0 bridgehead atoms. The Bertz CT molecular complexity index is 1120. The zero-order valence-corrected chi connectivity index (χ0v) is 22.0. The number of hydrogen-bond acceptors (Lipinski definition) is 5. The Morgan fingerprint density at radius 3 is 2.03 bits per heavy atom. The van der Waals surface area contributed by atoms with E-state index in [0.717, 1.165) is 16.7 Å². The number of carbonyl (C=O) groups is 4. The molecule has 0 aliphatic heterocycles. The average molecular weight is 497 g/mol. The van der Waals surface area contributed by atoms with Crippen LogP contribution < -0.4 is 16.4 Å². The number of likely N-dealkylation sites (N-methyl/N-ethyl adjacent to an activating group) is 1. The summed E-state index contributed by atoms with van der Waals surface area (Å²) < 4.78 is 5.24. The summed E-state index contributed by atoms with van der Waals surface area (Å²) in [4.78, 5) is 52.6. The van der Waals surface area contributed by atoms with E-state index in [1.165, 1.54) is 11.9 Å². The third-order valence-corrected chi connectivity index (χ3v) is 5.59. The minimum absolute atomic E-state index is 0.437. The first-order chi connectivity index (χ1) is 16.7. The van der Waals surface area contributed by atoms with Gasteiger partial charge in [-0.2, -0.15) is 0 Å². The molecule has 4 amide bonds. The second-order valence-electron chi connectivity index (χ2n) is 9.83. The fourth-order valence-electron chi connectivity index (χ4n) is 3.85. The first-order valence-corrected chi connectivity index (χ1v) is 11.7. The number of aryl methyl sites for hydroxylation is 3. The SMILES string of the molecule is Cc1ccccc1C(C(=O)Nc1c(C)cccc1C)N(C)C(=O)C(CC(N)=O)NC(=O)OC(C)(C)C. The normalized spacial score (nSPS) is 12.8. The van der Waals surface area contributed by atoms with Crippen molar-refractivity contribution in [2.24, 2.45) is 5.73 Å². The largest absolute Gasteiger partial charge is 0.444 e. The molecule has 194 valence electrons. The van der Waals surface area contributed by atoms with Gasteiger partial charge >= 0.3 is 6.09 Å². The summed E-state index contributed by atoms with van der Waals surface area (Å²) in [6, 6.07) is 10.5. The summed E-state index contributed by atoms with van der Waals surface area (Å²) in [5.74, 6) is -1.89. The maximum absolute atomic E-state index is 13.7. The molecule has 0 aliphatic carbocycles. The van der Waals surface area contributed by atoms with Gasteiger partial charge in [-0.05, 0) is 63.8 Å². The molecule has 0 heterocycles. The lowest BCUT2D eigenvalue weighted by Gasteiger charge is -2.32. The number of alkyl carbamates (subject to hydrolysis) is 1. The highest BCUT2D eigenvalue weighted by atomic mass is 16.6. The number of hydrogen-bond donors (Lipinski definition) is 3. The van der Waals surface area contributed by atoms with Crippen LogP contribution in [0.15, 0.2) is 42.5 Å². The molecular formula is C27H36N4O5. The standard InChI is InChI=1S/C27H36N4O5/c1-16-11-8-9-14-19(16)23(24(33)30-22-17(2)12-10-13-18(22)3)31(7)25(34)20(15-21(28)32)29-26(35)36-27(4,5)6/h8-14,20,23H,15H2,1-7H3,(H2,28,32)(H,29,35)(H,30,33). The van der Waals surface area contributed by atoms with Crippen LogP contribution in [0.5, 0.6) is 0 Å². The zero-order valence-electron chi connectivity index (χ0n) is 22.0. The summed E-state index contributed by atoms with van der Waals surface area (Å²) in [6.07, 6.45) is -1.33. The molecule has 0 aromatic heterocycles. The minimum Gasteiger partial charge on any atom is -0.444 e. The molecule has 9 nitrogen and oxygen atoms in total. The summed E-state index contributed by atoms with van der Waals surface area (Å²) in [6.45, 7) is 10.6. The predicted molar refractivity (Wildman–Crippen MR) is 138 cm³/mol. The van der Waals surface area contributed by atoms with Gasteiger partial charge in [0.05, 0.1) is 6.42 Å². The lowest BCUT2D eigenvalue weighted by atomic mass is 9.98. The number of benzene rings is 2. The maximum Gasteiger partial charge on any atom is 0.408 e. The van der Waals surface area contributed by atoms with Crippen LogP contribution in [0.25, 0.3) is 0 Å². The van der Waals surface area contributed by atoms with Crippen LogP contribution in [0.3, 0.4) is 0 Å². The zero-order chi connectivity index (χ0) is 27.2. The summed E-state index contributed by atoms with van der Waals surface area (Å²) >= 11 is 0. The van der Waals surface area contributed by atoms with Crippen molar-refractivity contribution < 1.29 is 23.9 Å². The number of nitrogens with two attached hydrogens (primary N) is 1. The molecule has 2 aromatic rings. The molecule has 0 saturated carbocycles. The monoisotopic (exact) mass is 496 g/mol. The van der Waals surface area contributed by atoms with Gasteiger partial charge in [-0.1, -0.05) is 42.5 Å². The van der Waals surface area contributed by atoms with Gasteiger partial charge in [0.2, 0.25) is 11.8 Å². The average Bonchev–Trinajstić information content (AvgIpc) is 2.75. The van der Waals surface area contributed by atoms with Gasteiger partial charge in [0.15, 0.2) is 0 Å². The first kappa shape index (κ1) is 28.4. The van der Waals surface area contributed by atoms with Crippen molar-refractivity contribution in [2.75, 3.05) is 12.4 Å². The maximum atomic E-state index is 13.7. The fourth-order valence-corrected chi connectivity index (χ4v) is 3.85. The van der Waals surface area contributed by atoms with Crippen molar-refractivity contribution in [1.82, 2.24) is 10.2 Å². The number of ether oxygens (including phenoxy) is 1. The van der Waals surface area contributed by atoms with Crippen LogP contribution in [0.1, 0.15) is 55.5 Å². The van der Waals surface area contributed by atoms with Crippen molar-refractivity contribution in [3.05, 3.63) is 64.7 Å². The number of primary amides is 1. The van der Waals surface area contributed by atoms with Gasteiger partial charge in [0.1, 0.15) is 17.7 Å². The van der Waals surface area contributed by atoms with Crippen molar-refractivity contribution >= 4 is 29.5 Å². The van der Waals surface area contributed by atoms with Crippen LogP contribution >= 0.6 is 0 Å². The summed E-state index contributed by atoms with van der Waals surface area (Å²) in [7, 11) is 1.45. The Kier molecular flexibility index (Phi) is 9.22. The molecule has 0 aliphatic rings. The van der Waals surface area contributed by atoms with Crippen LogP contribution in [-0.2, 0) is 19.1 Å². The number of nitrogens with one attached hydrogen (secondary N) is 2. The molecule has 2 rings (SSSR count). The van der Waals surface area contributed by atoms with Crippen LogP contribution in [0.2, 0.25) is 0 Å². The highest BCUT2D eigenvalue weighted by Gasteiger charge is 2.35. The lowest BCUT2D eigenvalue weighted by Crippen LogP contribution is -2.52. The van der Waals surface area contributed by atoms with Gasteiger partial charge in [-0.15, -0.1) is 0 Å². The highest BCUT2D eigenvalue weighted by Crippen LogP contribution is 2.28. The number of amides is 4. The Balaban J connectivity index is 2.45. The lowest BCUT2D eigenvalue weighted by molar-refractivity contribution is -0.140. The number of carbonyl (C=O) groups excluding carboxylic acids is 4. The molecule has 2 atom stereocenters. The van der Waals surface area contributed by atoms with Crippen LogP contribution in [0, 0.1) is 20.8 Å². The number of rotatable bonds is 8. The van der Waals surface area contributed by atoms with Gasteiger partial charge in [0, 0.05) is 12.7 Å². The molecule has 0 radical (unpaired) electrons. The Morgan fingerprint density at radius 2 is 1.50 bits per heavy atom. The van der Waals surface area contributed by atoms with Gasteiger partial charge in [-0.25, -0.2) is 4.79 Å². The van der Waals surface area contributed by atoms with E-state index in [1.807, 2.05) is 51.1 Å². The van der Waals surface area contributed by atoms with E-state index in [1.54, 1.807) is 32.9 Å². The molecule has 0 fully saturated rings. The second kappa shape index (κ2) is 11.7. The number of nitrogens with zero attached hydrogens (tertiary/aromatic N) is 1. The van der Waals surface area contributed by atoms with E-state index in [-0.39, 0.29) is 0 Å². The van der Waals surface area contributed by atoms with Crippen LogP contribution in [0.4, 0.5) is 10.5 Å². The Hall–Kier alpha value is -3.88. The Morgan fingerprint density at radius 1 is 0.944 bits per heavy atom. The highest BCUT2D eigenvalue weighted by molar-refractivity contribution is 6.00. The molecule has 0 spiro atoms. The summed E-state index contributed by atoms with van der Waals surface area (Å²) in [5, 5.41) is 5.38. The molecule has 2 aromatic carbocycles. The summed E-state index contributed by atoms with van der Waals surface area (Å²) in [5.41, 5.74) is 8.35. The van der Waals surface area contributed by atoms with E-state index >= 15 is 0 Å². The van der Waals surface area contributed by atoms with Crippen molar-refractivity contribution in [1.29, 1.82) is 0 Å². The van der Waals surface area contributed by atoms with E-state index < -0.39 is 47.9 Å². The molecule has 9 heteroatoms. The van der Waals surface area contributed by atoms with E-state index in [2.05, 4.69) is 10.6 Å². The molecule has 4 N–H and O–H groups in total. The fraction of sp³-hybridized carbons (Fsp3) is 0.407. The molecular weight excluding hydrogens is 460 g/mol. The van der Waals surface area contributed by atoms with E-state index in [0.29, 0.717) is 11.3 Å². The third kappa shape index (κ3) is 7.56. The number of anilines is 1. The first-order valence-electron chi connectivity index (χ1n) is 11.7. The van der Waals surface area contributed by atoms with E-state index in [4.69, 9.17) is 10.5 Å². The smallest absolute Gasteiger partial charge is 0.408 e. The van der Waals surface area contributed by atoms with Crippen molar-refractivity contribution in [2.45, 2.75) is 65.6 Å². The number of para-hydroxylation sites is 1. The van der Waals surface area contributed by atoms with Gasteiger partial charge < -0.3 is 26.0 Å². The van der Waals surface area contributed by atoms with Crippen molar-refractivity contribution in [3.63, 3.8) is 0 Å². The second-order valence-corrected chi connectivity index (χ2v) is 9.83. The third-order valence-electron chi connectivity index (χ3n) is 5.59. The minimum atomic E-state index is -1.32. The molecule has 0 saturated heterocycles.